The van der Waals surface area contributed by atoms with Crippen LogP contribution in [0.15, 0.2) is 15.4 Å². The van der Waals surface area contributed by atoms with Gasteiger partial charge in [-0.3, -0.25) is 0 Å². The van der Waals surface area contributed by atoms with Gasteiger partial charge in [0.25, 0.3) is 0 Å². The van der Waals surface area contributed by atoms with Crippen molar-refractivity contribution in [2.45, 2.75) is 43.5 Å². The molecule has 1 atom stereocenters. The summed E-state index contributed by atoms with van der Waals surface area (Å²) in [5.74, 6) is -0.956. The smallest absolute Gasteiger partial charge is 0.246 e. The molecule has 0 aliphatic carbocycles. The molecule has 0 saturated carbocycles. The fourth-order valence-electron chi connectivity index (χ4n) is 2.52. The van der Waals surface area contributed by atoms with Crippen LogP contribution in [0.4, 0.5) is 10.1 Å². The third-order valence-electron chi connectivity index (χ3n) is 3.74. The summed E-state index contributed by atoms with van der Waals surface area (Å²) in [5, 5.41) is 0.0787. The van der Waals surface area contributed by atoms with Crippen LogP contribution in [-0.4, -0.2) is 25.3 Å². The lowest BCUT2D eigenvalue weighted by atomic mass is 10.1. The van der Waals surface area contributed by atoms with Crippen LogP contribution in [0.25, 0.3) is 0 Å². The zero-order valence-corrected chi connectivity index (χ0v) is 14.7. The minimum Gasteiger partial charge on any atom is -0.395 e. The van der Waals surface area contributed by atoms with E-state index < -0.39 is 20.7 Å². The minimum absolute atomic E-state index is 0.0787. The summed E-state index contributed by atoms with van der Waals surface area (Å²) in [7, 11) is -3.95. The van der Waals surface area contributed by atoms with Crippen LogP contribution in [0.2, 0.25) is 5.02 Å². The first-order chi connectivity index (χ1) is 9.76. The van der Waals surface area contributed by atoms with E-state index in [9.17, 15) is 12.8 Å². The monoisotopic (exact) mass is 398 g/mol. The molecule has 1 saturated heterocycles. The number of rotatable bonds is 2. The average Bonchev–Trinajstić information content (AvgIpc) is 2.65. The van der Waals surface area contributed by atoms with Crippen molar-refractivity contribution in [3.05, 3.63) is 21.4 Å². The fourth-order valence-corrected chi connectivity index (χ4v) is 4.89. The number of nitrogen functional groups attached to an aromatic ring is 1. The first-order valence-corrected chi connectivity index (χ1v) is 9.32. The second kappa shape index (κ2) is 6.40. The Balaban J connectivity index is 2.53. The molecule has 1 aromatic carbocycles. The van der Waals surface area contributed by atoms with Crippen LogP contribution in [0, 0.1) is 5.82 Å². The lowest BCUT2D eigenvalue weighted by Crippen LogP contribution is -2.38. The Morgan fingerprint density at radius 1 is 1.43 bits per heavy atom. The van der Waals surface area contributed by atoms with Gasteiger partial charge < -0.3 is 5.73 Å². The van der Waals surface area contributed by atoms with Gasteiger partial charge in [-0.2, -0.15) is 4.31 Å². The van der Waals surface area contributed by atoms with Crippen molar-refractivity contribution in [1.82, 2.24) is 4.31 Å². The Morgan fingerprint density at radius 2 is 2.10 bits per heavy atom. The molecule has 8 heteroatoms. The van der Waals surface area contributed by atoms with Crippen LogP contribution >= 0.6 is 27.5 Å². The van der Waals surface area contributed by atoms with Gasteiger partial charge >= 0.3 is 0 Å². The number of sulfonamides is 1. The van der Waals surface area contributed by atoms with E-state index in [1.165, 1.54) is 4.31 Å². The zero-order valence-electron chi connectivity index (χ0n) is 11.6. The quantitative estimate of drug-likeness (QED) is 0.608. The largest absolute Gasteiger partial charge is 0.395 e. The van der Waals surface area contributed by atoms with Crippen molar-refractivity contribution in [2.24, 2.45) is 0 Å². The maximum atomic E-state index is 14.3. The van der Waals surface area contributed by atoms with Gasteiger partial charge in [0.2, 0.25) is 10.0 Å². The Bertz CT molecular complexity index is 654. The van der Waals surface area contributed by atoms with Crippen LogP contribution in [0.1, 0.15) is 32.6 Å². The second-order valence-electron chi connectivity index (χ2n) is 5.21. The number of benzene rings is 1. The molecule has 0 bridgehead atoms. The predicted octanol–water partition coefficient (Wildman–Crippen LogP) is 3.78. The van der Waals surface area contributed by atoms with Crippen molar-refractivity contribution in [3.63, 3.8) is 0 Å². The summed E-state index contributed by atoms with van der Waals surface area (Å²) in [5.41, 5.74) is 5.30. The average molecular weight is 400 g/mol. The summed E-state index contributed by atoms with van der Waals surface area (Å²) in [4.78, 5) is -0.457. The second-order valence-corrected chi connectivity index (χ2v) is 8.27. The van der Waals surface area contributed by atoms with Gasteiger partial charge in [-0.25, -0.2) is 12.8 Å². The fraction of sp³-hybridized carbons (Fsp3) is 0.538. The molecule has 0 radical (unpaired) electrons. The molecule has 1 heterocycles. The topological polar surface area (TPSA) is 63.4 Å². The first kappa shape index (κ1) is 17.0. The Labute approximate surface area is 137 Å². The van der Waals surface area contributed by atoms with Gasteiger partial charge in [-0.15, -0.1) is 0 Å². The number of anilines is 1. The predicted molar refractivity (Wildman–Crippen MR) is 85.3 cm³/mol. The normalized spacial score (nSPS) is 21.2. The standard InChI is InChI=1S/C13H17BrClFN2O2S/c1-8-5-3-2-4-6-18(8)21(19,20)10-7-9(15)11(14)13(17)12(10)16/h7-8H,2-6,17H2,1H3. The molecule has 0 aromatic heterocycles. The van der Waals surface area contributed by atoms with Crippen molar-refractivity contribution in [3.8, 4) is 0 Å². The van der Waals surface area contributed by atoms with Crippen LogP contribution < -0.4 is 5.73 Å². The van der Waals surface area contributed by atoms with E-state index in [1.54, 1.807) is 0 Å². The van der Waals surface area contributed by atoms with Crippen LogP contribution in [0.5, 0.6) is 0 Å². The van der Waals surface area contributed by atoms with E-state index in [4.69, 9.17) is 17.3 Å². The van der Waals surface area contributed by atoms with Gasteiger partial charge in [-0.05, 0) is 41.8 Å². The highest BCUT2D eigenvalue weighted by molar-refractivity contribution is 9.10. The third kappa shape index (κ3) is 3.21. The molecule has 2 N–H and O–H groups in total. The summed E-state index contributed by atoms with van der Waals surface area (Å²) >= 11 is 8.97. The summed E-state index contributed by atoms with van der Waals surface area (Å²) in [6.45, 7) is 2.22. The Morgan fingerprint density at radius 3 is 2.76 bits per heavy atom. The number of halogens is 3. The minimum atomic E-state index is -3.95. The van der Waals surface area contributed by atoms with Crippen molar-refractivity contribution >= 4 is 43.2 Å². The Hall–Kier alpha value is -0.370. The summed E-state index contributed by atoms with van der Waals surface area (Å²) < 4.78 is 41.3. The van der Waals surface area contributed by atoms with E-state index in [-0.39, 0.29) is 21.2 Å². The van der Waals surface area contributed by atoms with E-state index in [0.717, 1.165) is 31.7 Å². The zero-order chi connectivity index (χ0) is 15.8. The van der Waals surface area contributed by atoms with Gasteiger partial charge in [0.15, 0.2) is 5.82 Å². The van der Waals surface area contributed by atoms with E-state index in [2.05, 4.69) is 15.9 Å². The maximum Gasteiger partial charge on any atom is 0.246 e. The molecule has 118 valence electrons. The molecule has 0 amide bonds. The molecule has 4 nitrogen and oxygen atoms in total. The molecule has 2 rings (SSSR count). The molecule has 0 spiro atoms. The van der Waals surface area contributed by atoms with Gasteiger partial charge in [0.05, 0.1) is 15.2 Å². The van der Waals surface area contributed by atoms with Crippen LogP contribution in [0.3, 0.4) is 0 Å². The molecule has 1 aromatic rings. The lowest BCUT2D eigenvalue weighted by Gasteiger charge is -2.26. The van der Waals surface area contributed by atoms with Gasteiger partial charge in [0.1, 0.15) is 4.90 Å². The maximum absolute atomic E-state index is 14.3. The first-order valence-electron chi connectivity index (χ1n) is 6.71. The van der Waals surface area contributed by atoms with Crippen LogP contribution in [-0.2, 0) is 10.0 Å². The molecular formula is C13H17BrClFN2O2S. The molecule has 1 fully saturated rings. The van der Waals surface area contributed by atoms with E-state index in [0.29, 0.717) is 6.54 Å². The van der Waals surface area contributed by atoms with Gasteiger partial charge in [-0.1, -0.05) is 24.4 Å². The lowest BCUT2D eigenvalue weighted by molar-refractivity contribution is 0.340. The summed E-state index contributed by atoms with van der Waals surface area (Å²) in [6.07, 6.45) is 3.48. The number of hydrogen-bond donors (Lipinski definition) is 1. The Kier molecular flexibility index (Phi) is 5.18. The van der Waals surface area contributed by atoms with E-state index >= 15 is 0 Å². The highest BCUT2D eigenvalue weighted by Crippen LogP contribution is 2.36. The third-order valence-corrected chi connectivity index (χ3v) is 7.13. The molecular weight excluding hydrogens is 383 g/mol. The highest BCUT2D eigenvalue weighted by atomic mass is 79.9. The number of nitrogens with two attached hydrogens (primary N) is 1. The molecule has 1 aliphatic rings. The van der Waals surface area contributed by atoms with Crippen molar-refractivity contribution < 1.29 is 12.8 Å². The van der Waals surface area contributed by atoms with E-state index in [1.807, 2.05) is 6.92 Å². The van der Waals surface area contributed by atoms with Gasteiger partial charge in [0, 0.05) is 12.6 Å². The number of hydrogen-bond acceptors (Lipinski definition) is 3. The molecule has 21 heavy (non-hydrogen) atoms. The summed E-state index contributed by atoms with van der Waals surface area (Å²) in [6, 6.07) is 0.949. The van der Waals surface area contributed by atoms with Crippen molar-refractivity contribution in [2.75, 3.05) is 12.3 Å². The number of nitrogens with zero attached hydrogens (tertiary/aromatic N) is 1. The SMILES string of the molecule is CC1CCCCCN1S(=O)(=O)c1cc(Cl)c(Br)c(N)c1F. The highest BCUT2D eigenvalue weighted by Gasteiger charge is 2.33. The molecule has 1 aliphatic heterocycles. The van der Waals surface area contributed by atoms with Crippen molar-refractivity contribution in [1.29, 1.82) is 0 Å². The molecule has 1 unspecified atom stereocenters.